The van der Waals surface area contributed by atoms with Crippen LogP contribution in [0.15, 0.2) is 0 Å². The molecule has 2 unspecified atom stereocenters. The second-order valence-electron chi connectivity index (χ2n) is 4.27. The van der Waals surface area contributed by atoms with Crippen LogP contribution in [0.1, 0.15) is 26.7 Å². The third-order valence-corrected chi connectivity index (χ3v) is 7.23. The van der Waals surface area contributed by atoms with Gasteiger partial charge in [-0.1, -0.05) is 26.7 Å². The molecule has 1 aliphatic rings. The van der Waals surface area contributed by atoms with E-state index in [4.69, 9.17) is 13.3 Å². The zero-order chi connectivity index (χ0) is 10.8. The van der Waals surface area contributed by atoms with Crippen LogP contribution in [0.25, 0.3) is 0 Å². The highest BCUT2D eigenvalue weighted by Gasteiger charge is 2.54. The van der Waals surface area contributed by atoms with Gasteiger partial charge in [-0.05, 0) is 11.8 Å². The lowest BCUT2D eigenvalue weighted by atomic mass is 10.1. The van der Waals surface area contributed by atoms with Crippen molar-refractivity contribution >= 4 is 8.80 Å². The van der Waals surface area contributed by atoms with Crippen molar-refractivity contribution in [1.29, 1.82) is 0 Å². The minimum Gasteiger partial charge on any atom is -0.377 e. The molecule has 0 aromatic carbocycles. The highest BCUT2D eigenvalue weighted by Crippen LogP contribution is 2.47. The third kappa shape index (κ3) is 1.89. The molecule has 0 bridgehead atoms. The summed E-state index contributed by atoms with van der Waals surface area (Å²) in [6.07, 6.45) is 2.52. The van der Waals surface area contributed by atoms with E-state index in [1.807, 2.05) is 0 Å². The van der Waals surface area contributed by atoms with Crippen molar-refractivity contribution < 1.29 is 13.3 Å². The van der Waals surface area contributed by atoms with Crippen LogP contribution in [0, 0.1) is 11.8 Å². The lowest BCUT2D eigenvalue weighted by Gasteiger charge is -2.34. The molecule has 0 N–H and O–H groups in total. The molecule has 1 saturated carbocycles. The Bertz CT molecular complexity index is 164. The minimum atomic E-state index is -2.41. The quantitative estimate of drug-likeness (QED) is 0.678. The van der Waals surface area contributed by atoms with Gasteiger partial charge in [0.05, 0.1) is 0 Å². The molecule has 0 aliphatic heterocycles. The van der Waals surface area contributed by atoms with Crippen molar-refractivity contribution in [3.63, 3.8) is 0 Å². The first-order valence-electron chi connectivity index (χ1n) is 5.26. The van der Waals surface area contributed by atoms with Gasteiger partial charge in [-0.25, -0.2) is 0 Å². The van der Waals surface area contributed by atoms with Crippen LogP contribution in [-0.4, -0.2) is 30.1 Å². The molecule has 0 radical (unpaired) electrons. The standard InChI is InChI=1S/C10H22O3Si/c1-8-6-7-9(2)10(8)14(11-3,12-4)13-5/h8-10H,6-7H2,1-5H3. The molecule has 1 fully saturated rings. The lowest BCUT2D eigenvalue weighted by molar-refractivity contribution is 0.1000. The van der Waals surface area contributed by atoms with Crippen LogP contribution >= 0.6 is 0 Å². The predicted molar refractivity (Wildman–Crippen MR) is 58.1 cm³/mol. The first-order valence-corrected chi connectivity index (χ1v) is 7.07. The van der Waals surface area contributed by atoms with Gasteiger partial charge >= 0.3 is 8.80 Å². The van der Waals surface area contributed by atoms with E-state index in [1.165, 1.54) is 12.8 Å². The topological polar surface area (TPSA) is 27.7 Å². The zero-order valence-electron chi connectivity index (χ0n) is 9.87. The number of hydrogen-bond donors (Lipinski definition) is 0. The fourth-order valence-electron chi connectivity index (χ4n) is 2.80. The van der Waals surface area contributed by atoms with Gasteiger partial charge in [0, 0.05) is 26.9 Å². The van der Waals surface area contributed by atoms with E-state index in [1.54, 1.807) is 21.3 Å². The second kappa shape index (κ2) is 4.75. The van der Waals surface area contributed by atoms with Crippen molar-refractivity contribution in [1.82, 2.24) is 0 Å². The summed E-state index contributed by atoms with van der Waals surface area (Å²) in [6, 6.07) is 0. The Labute approximate surface area is 88.1 Å². The van der Waals surface area contributed by atoms with Gasteiger partial charge in [0.15, 0.2) is 0 Å². The summed E-state index contributed by atoms with van der Waals surface area (Å²) >= 11 is 0. The van der Waals surface area contributed by atoms with Crippen LogP contribution in [0.2, 0.25) is 5.54 Å². The first kappa shape index (κ1) is 12.2. The molecule has 0 heterocycles. The van der Waals surface area contributed by atoms with Crippen molar-refractivity contribution in [3.8, 4) is 0 Å². The molecule has 2 atom stereocenters. The summed E-state index contributed by atoms with van der Waals surface area (Å²) in [5.41, 5.74) is 0.461. The average molecular weight is 218 g/mol. The van der Waals surface area contributed by atoms with Crippen LogP contribution in [0.3, 0.4) is 0 Å². The highest BCUT2D eigenvalue weighted by atomic mass is 28.4. The molecular formula is C10H22O3Si. The Balaban J connectivity index is 2.85. The molecule has 84 valence electrons. The van der Waals surface area contributed by atoms with Gasteiger partial charge in [0.2, 0.25) is 0 Å². The second-order valence-corrected chi connectivity index (χ2v) is 7.37. The van der Waals surface area contributed by atoms with Crippen LogP contribution in [0.5, 0.6) is 0 Å². The van der Waals surface area contributed by atoms with Crippen LogP contribution in [-0.2, 0) is 13.3 Å². The minimum absolute atomic E-state index is 0.461. The molecule has 0 spiro atoms. The SMILES string of the molecule is CO[Si](OC)(OC)C1C(C)CCC1C. The molecule has 1 aliphatic carbocycles. The van der Waals surface area contributed by atoms with Gasteiger partial charge in [0.1, 0.15) is 0 Å². The molecule has 14 heavy (non-hydrogen) atoms. The summed E-state index contributed by atoms with van der Waals surface area (Å²) in [6.45, 7) is 4.54. The lowest BCUT2D eigenvalue weighted by Crippen LogP contribution is -2.50. The molecule has 0 saturated heterocycles. The Morgan fingerprint density at radius 2 is 1.21 bits per heavy atom. The summed E-state index contributed by atoms with van der Waals surface area (Å²) in [4.78, 5) is 0. The maximum absolute atomic E-state index is 5.56. The Morgan fingerprint density at radius 3 is 1.50 bits per heavy atom. The fraction of sp³-hybridized carbons (Fsp3) is 1.00. The Kier molecular flexibility index (Phi) is 4.12. The molecule has 1 rings (SSSR count). The predicted octanol–water partition coefficient (Wildman–Crippen LogP) is 2.30. The van der Waals surface area contributed by atoms with E-state index in [0.29, 0.717) is 17.4 Å². The summed E-state index contributed by atoms with van der Waals surface area (Å²) in [7, 11) is 2.71. The van der Waals surface area contributed by atoms with Gasteiger partial charge in [-0.15, -0.1) is 0 Å². The molecule has 0 aromatic heterocycles. The van der Waals surface area contributed by atoms with Crippen LogP contribution in [0.4, 0.5) is 0 Å². The van der Waals surface area contributed by atoms with E-state index in [2.05, 4.69) is 13.8 Å². The summed E-state index contributed by atoms with van der Waals surface area (Å²) in [5, 5.41) is 0. The largest absolute Gasteiger partial charge is 0.503 e. The fourth-order valence-corrected chi connectivity index (χ4v) is 5.84. The number of hydrogen-bond acceptors (Lipinski definition) is 3. The van der Waals surface area contributed by atoms with Gasteiger partial charge < -0.3 is 13.3 Å². The van der Waals surface area contributed by atoms with Gasteiger partial charge in [-0.3, -0.25) is 0 Å². The van der Waals surface area contributed by atoms with Gasteiger partial charge in [0.25, 0.3) is 0 Å². The van der Waals surface area contributed by atoms with E-state index < -0.39 is 8.80 Å². The average Bonchev–Trinajstić information content (AvgIpc) is 2.53. The third-order valence-electron chi connectivity index (χ3n) is 3.57. The van der Waals surface area contributed by atoms with Crippen LogP contribution < -0.4 is 0 Å². The van der Waals surface area contributed by atoms with Crippen molar-refractivity contribution in [2.45, 2.75) is 32.2 Å². The summed E-state index contributed by atoms with van der Waals surface area (Å²) < 4.78 is 16.7. The van der Waals surface area contributed by atoms with Gasteiger partial charge in [-0.2, -0.15) is 0 Å². The first-order chi connectivity index (χ1) is 6.61. The Hall–Kier alpha value is 0.0969. The van der Waals surface area contributed by atoms with E-state index >= 15 is 0 Å². The molecule has 4 heteroatoms. The van der Waals surface area contributed by atoms with Crippen molar-refractivity contribution in [2.24, 2.45) is 11.8 Å². The van der Waals surface area contributed by atoms with E-state index in [-0.39, 0.29) is 0 Å². The van der Waals surface area contributed by atoms with E-state index in [9.17, 15) is 0 Å². The number of rotatable bonds is 4. The summed E-state index contributed by atoms with van der Waals surface area (Å²) in [5.74, 6) is 1.30. The Morgan fingerprint density at radius 1 is 0.857 bits per heavy atom. The van der Waals surface area contributed by atoms with E-state index in [0.717, 1.165) is 0 Å². The zero-order valence-corrected chi connectivity index (χ0v) is 10.9. The maximum Gasteiger partial charge on any atom is 0.503 e. The smallest absolute Gasteiger partial charge is 0.377 e. The molecule has 0 amide bonds. The molecular weight excluding hydrogens is 196 g/mol. The molecule has 0 aromatic rings. The van der Waals surface area contributed by atoms with Crippen molar-refractivity contribution in [3.05, 3.63) is 0 Å². The highest BCUT2D eigenvalue weighted by molar-refractivity contribution is 6.62. The van der Waals surface area contributed by atoms with Crippen molar-refractivity contribution in [2.75, 3.05) is 21.3 Å². The monoisotopic (exact) mass is 218 g/mol. The maximum atomic E-state index is 5.56. The normalized spacial score (nSPS) is 33.6. The molecule has 3 nitrogen and oxygen atoms in total.